The van der Waals surface area contributed by atoms with Crippen molar-refractivity contribution in [1.29, 1.82) is 0 Å². The Morgan fingerprint density at radius 1 is 0.846 bits per heavy atom. The lowest BCUT2D eigenvalue weighted by Gasteiger charge is -2.20. The van der Waals surface area contributed by atoms with E-state index in [1.165, 1.54) is 51.7 Å². The Balaban J connectivity index is 3.41. The van der Waals surface area contributed by atoms with Gasteiger partial charge in [0.1, 0.15) is 0 Å². The van der Waals surface area contributed by atoms with Crippen molar-refractivity contribution < 1.29 is 0 Å². The van der Waals surface area contributed by atoms with E-state index in [9.17, 15) is 0 Å². The largest absolute Gasteiger partial charge is 0.330 e. The van der Waals surface area contributed by atoms with Crippen LogP contribution < -0.4 is 5.73 Å². The first kappa shape index (κ1) is 12.9. The summed E-state index contributed by atoms with van der Waals surface area (Å²) in [6.45, 7) is 9.12. The maximum Gasteiger partial charge on any atom is -0.00183 e. The molecule has 2 heteroatoms. The van der Waals surface area contributed by atoms with Gasteiger partial charge in [-0.3, -0.25) is 0 Å². The fourth-order valence-electron chi connectivity index (χ4n) is 1.51. The van der Waals surface area contributed by atoms with Crippen LogP contribution in [-0.2, 0) is 0 Å². The quantitative estimate of drug-likeness (QED) is 0.560. The lowest BCUT2D eigenvalue weighted by molar-refractivity contribution is 0.265. The van der Waals surface area contributed by atoms with Gasteiger partial charge in [0, 0.05) is 0 Å². The Morgan fingerprint density at radius 2 is 1.54 bits per heavy atom. The van der Waals surface area contributed by atoms with Crippen LogP contribution in [0.15, 0.2) is 0 Å². The van der Waals surface area contributed by atoms with Gasteiger partial charge in [0.05, 0.1) is 0 Å². The molecule has 0 fully saturated rings. The highest BCUT2D eigenvalue weighted by atomic mass is 15.1. The highest BCUT2D eigenvalue weighted by Gasteiger charge is 2.01. The minimum Gasteiger partial charge on any atom is -0.330 e. The summed E-state index contributed by atoms with van der Waals surface area (Å²) >= 11 is 0. The summed E-state index contributed by atoms with van der Waals surface area (Å²) in [6, 6.07) is 0. The molecule has 0 amide bonds. The van der Waals surface area contributed by atoms with Crippen molar-refractivity contribution >= 4 is 0 Å². The minimum absolute atomic E-state index is 0.841. The van der Waals surface area contributed by atoms with Gasteiger partial charge in [-0.05, 0) is 51.9 Å². The van der Waals surface area contributed by atoms with Gasteiger partial charge in [-0.2, -0.15) is 0 Å². The SMILES string of the molecule is CCCCN(CCC)CCCCN. The van der Waals surface area contributed by atoms with Crippen LogP contribution >= 0.6 is 0 Å². The molecular weight excluding hydrogens is 160 g/mol. The van der Waals surface area contributed by atoms with E-state index >= 15 is 0 Å². The summed E-state index contributed by atoms with van der Waals surface area (Å²) in [7, 11) is 0. The number of unbranched alkanes of at least 4 members (excludes halogenated alkanes) is 2. The van der Waals surface area contributed by atoms with Gasteiger partial charge in [0.25, 0.3) is 0 Å². The Labute approximate surface area is 83.5 Å². The zero-order chi connectivity index (χ0) is 9.94. The predicted molar refractivity (Wildman–Crippen MR) is 59.9 cm³/mol. The molecule has 0 aliphatic heterocycles. The van der Waals surface area contributed by atoms with Gasteiger partial charge in [0.15, 0.2) is 0 Å². The molecule has 0 unspecified atom stereocenters. The van der Waals surface area contributed by atoms with Gasteiger partial charge in [0.2, 0.25) is 0 Å². The molecule has 0 saturated carbocycles. The van der Waals surface area contributed by atoms with Gasteiger partial charge >= 0.3 is 0 Å². The molecule has 0 aliphatic carbocycles. The number of nitrogens with zero attached hydrogens (tertiary/aromatic N) is 1. The van der Waals surface area contributed by atoms with Crippen LogP contribution in [0.25, 0.3) is 0 Å². The molecule has 0 bridgehead atoms. The van der Waals surface area contributed by atoms with Crippen molar-refractivity contribution in [2.75, 3.05) is 26.2 Å². The van der Waals surface area contributed by atoms with E-state index < -0.39 is 0 Å². The smallest absolute Gasteiger partial charge is 0.00183 e. The lowest BCUT2D eigenvalue weighted by Crippen LogP contribution is -2.27. The monoisotopic (exact) mass is 186 g/mol. The first-order valence-corrected chi connectivity index (χ1v) is 5.77. The molecule has 0 radical (unpaired) electrons. The van der Waals surface area contributed by atoms with Crippen LogP contribution in [0.1, 0.15) is 46.0 Å². The predicted octanol–water partition coefficient (Wildman–Crippen LogP) is 2.24. The molecule has 0 aromatic rings. The Hall–Kier alpha value is -0.0800. The van der Waals surface area contributed by atoms with Crippen LogP contribution in [0.4, 0.5) is 0 Å². The summed E-state index contributed by atoms with van der Waals surface area (Å²) in [4.78, 5) is 2.57. The van der Waals surface area contributed by atoms with Crippen molar-refractivity contribution in [2.24, 2.45) is 5.73 Å². The van der Waals surface area contributed by atoms with Gasteiger partial charge < -0.3 is 10.6 Å². The maximum atomic E-state index is 5.47. The van der Waals surface area contributed by atoms with Crippen LogP contribution in [-0.4, -0.2) is 31.1 Å². The Kier molecular flexibility index (Phi) is 9.94. The van der Waals surface area contributed by atoms with Crippen molar-refractivity contribution in [3.05, 3.63) is 0 Å². The molecule has 0 heterocycles. The van der Waals surface area contributed by atoms with E-state index in [1.807, 2.05) is 0 Å². The van der Waals surface area contributed by atoms with E-state index in [0.29, 0.717) is 0 Å². The van der Waals surface area contributed by atoms with E-state index in [0.717, 1.165) is 6.54 Å². The van der Waals surface area contributed by atoms with Crippen LogP contribution in [0.2, 0.25) is 0 Å². The lowest BCUT2D eigenvalue weighted by atomic mass is 10.2. The summed E-state index contributed by atoms with van der Waals surface area (Å²) in [5, 5.41) is 0. The summed E-state index contributed by atoms with van der Waals surface area (Å²) in [5.74, 6) is 0. The second-order valence-electron chi connectivity index (χ2n) is 3.69. The fraction of sp³-hybridized carbons (Fsp3) is 1.00. The highest BCUT2D eigenvalue weighted by Crippen LogP contribution is 1.99. The Morgan fingerprint density at radius 3 is 2.08 bits per heavy atom. The Bertz CT molecular complexity index is 94.1. The highest BCUT2D eigenvalue weighted by molar-refractivity contribution is 4.57. The van der Waals surface area contributed by atoms with Crippen molar-refractivity contribution in [3.63, 3.8) is 0 Å². The molecule has 0 aromatic heterocycles. The molecule has 2 nitrogen and oxygen atoms in total. The molecule has 0 aliphatic rings. The van der Waals surface area contributed by atoms with Crippen molar-refractivity contribution in [3.8, 4) is 0 Å². The second kappa shape index (κ2) is 10.0. The van der Waals surface area contributed by atoms with Crippen LogP contribution in [0, 0.1) is 0 Å². The fourth-order valence-corrected chi connectivity index (χ4v) is 1.51. The summed E-state index contributed by atoms with van der Waals surface area (Å²) < 4.78 is 0. The number of nitrogens with two attached hydrogens (primary N) is 1. The third-order valence-electron chi connectivity index (χ3n) is 2.30. The molecular formula is C11H26N2. The summed E-state index contributed by atoms with van der Waals surface area (Å²) in [5.41, 5.74) is 5.47. The van der Waals surface area contributed by atoms with Gasteiger partial charge in [-0.25, -0.2) is 0 Å². The zero-order valence-corrected chi connectivity index (χ0v) is 9.39. The molecule has 0 atom stereocenters. The third-order valence-corrected chi connectivity index (χ3v) is 2.30. The molecule has 0 rings (SSSR count). The standard InChI is InChI=1S/C11H26N2/c1-3-5-10-13(9-4-2)11-7-6-8-12/h3-12H2,1-2H3. The van der Waals surface area contributed by atoms with Crippen LogP contribution in [0.5, 0.6) is 0 Å². The van der Waals surface area contributed by atoms with Crippen molar-refractivity contribution in [2.45, 2.75) is 46.0 Å². The van der Waals surface area contributed by atoms with E-state index in [-0.39, 0.29) is 0 Å². The molecule has 0 spiro atoms. The van der Waals surface area contributed by atoms with E-state index in [2.05, 4.69) is 18.7 Å². The molecule has 80 valence electrons. The molecule has 13 heavy (non-hydrogen) atoms. The van der Waals surface area contributed by atoms with Gasteiger partial charge in [-0.1, -0.05) is 20.3 Å². The number of hydrogen-bond donors (Lipinski definition) is 1. The minimum atomic E-state index is 0.841. The zero-order valence-electron chi connectivity index (χ0n) is 9.39. The molecule has 0 saturated heterocycles. The first-order valence-electron chi connectivity index (χ1n) is 5.77. The summed E-state index contributed by atoms with van der Waals surface area (Å²) in [6.07, 6.45) is 6.35. The molecule has 2 N–H and O–H groups in total. The van der Waals surface area contributed by atoms with Gasteiger partial charge in [-0.15, -0.1) is 0 Å². The second-order valence-corrected chi connectivity index (χ2v) is 3.69. The number of hydrogen-bond acceptors (Lipinski definition) is 2. The third kappa shape index (κ3) is 8.26. The first-order chi connectivity index (χ1) is 6.35. The van der Waals surface area contributed by atoms with E-state index in [4.69, 9.17) is 5.73 Å². The topological polar surface area (TPSA) is 29.3 Å². The van der Waals surface area contributed by atoms with Crippen molar-refractivity contribution in [1.82, 2.24) is 4.90 Å². The van der Waals surface area contributed by atoms with E-state index in [1.54, 1.807) is 0 Å². The average molecular weight is 186 g/mol. The maximum absolute atomic E-state index is 5.47. The molecule has 0 aromatic carbocycles. The average Bonchev–Trinajstić information content (AvgIpc) is 2.14. The number of rotatable bonds is 9. The van der Waals surface area contributed by atoms with Crippen LogP contribution in [0.3, 0.4) is 0 Å². The normalized spacial score (nSPS) is 11.1.